The average Bonchev–Trinajstić information content (AvgIpc) is 3.57. The molecule has 1 aliphatic rings. The van der Waals surface area contributed by atoms with Gasteiger partial charge in [0.25, 0.3) is 5.91 Å². The summed E-state index contributed by atoms with van der Waals surface area (Å²) in [6.45, 7) is 8.84. The van der Waals surface area contributed by atoms with Gasteiger partial charge in [0.15, 0.2) is 11.5 Å². The molecule has 0 spiro atoms. The van der Waals surface area contributed by atoms with Crippen LogP contribution in [0.3, 0.4) is 0 Å². The Morgan fingerprint density at radius 3 is 2.36 bits per heavy atom. The zero-order chi connectivity index (χ0) is 30.7. The molecule has 2 heterocycles. The molecule has 0 bridgehead atoms. The van der Waals surface area contributed by atoms with Gasteiger partial charge in [-0.3, -0.25) is 9.59 Å². The molecular weight excluding hydrogens is 544 g/mol. The van der Waals surface area contributed by atoms with Gasteiger partial charge in [-0.25, -0.2) is 0 Å². The summed E-state index contributed by atoms with van der Waals surface area (Å²) in [6, 6.07) is 22.0. The van der Waals surface area contributed by atoms with E-state index in [4.69, 9.17) is 4.74 Å². The molecule has 0 aliphatic carbocycles. The van der Waals surface area contributed by atoms with E-state index in [9.17, 15) is 18.4 Å². The highest BCUT2D eigenvalue weighted by Crippen LogP contribution is 2.43. The number of benzene rings is 3. The van der Waals surface area contributed by atoms with Gasteiger partial charge >= 0.3 is 6.29 Å². The van der Waals surface area contributed by atoms with Crippen molar-refractivity contribution in [2.75, 3.05) is 26.7 Å². The van der Waals surface area contributed by atoms with E-state index >= 15 is 0 Å². The van der Waals surface area contributed by atoms with Crippen molar-refractivity contribution in [1.29, 1.82) is 0 Å². The molecule has 224 valence electrons. The number of fused-ring (bicyclic) bond motifs is 2. The van der Waals surface area contributed by atoms with Crippen LogP contribution in [0.4, 0.5) is 8.78 Å². The third-order valence-electron chi connectivity index (χ3n) is 6.36. The smallest absolute Gasteiger partial charge is 0.497 e. The van der Waals surface area contributed by atoms with Gasteiger partial charge in [0, 0.05) is 42.6 Å². The van der Waals surface area contributed by atoms with Crippen LogP contribution in [0.2, 0.25) is 0 Å². The normalized spacial score (nSPS) is 12.4. The third-order valence-corrected chi connectivity index (χ3v) is 6.36. The van der Waals surface area contributed by atoms with Crippen LogP contribution in [0.25, 0.3) is 10.9 Å². The second-order valence-corrected chi connectivity index (χ2v) is 9.16. The van der Waals surface area contributed by atoms with Gasteiger partial charge < -0.3 is 29.0 Å². The molecule has 5 rings (SSSR count). The highest BCUT2D eigenvalue weighted by molar-refractivity contribution is 5.98. The van der Waals surface area contributed by atoms with Crippen molar-refractivity contribution in [1.82, 2.24) is 14.8 Å². The maximum Gasteiger partial charge on any atom is 0.586 e. The standard InChI is InChI=1S/C23H23F2N3O5.C7H8.C2H6/c1-3-28(22(30)19-12-16-11-17(31-2)7-8-18(16)26-19)10-9-27(14-29)13-15-5-4-6-20-21(15)33-23(24,25)32-20;1-7-5-3-2-4-6-7;1-2/h4-8,11-12,14,26H,3,9-10,13H2,1-2H3;2-6H,1H3;1-2H3. The van der Waals surface area contributed by atoms with Gasteiger partial charge in [0.2, 0.25) is 6.41 Å². The van der Waals surface area contributed by atoms with Crippen molar-refractivity contribution >= 4 is 23.2 Å². The third kappa shape index (κ3) is 8.22. The number of H-pyrrole nitrogens is 1. The van der Waals surface area contributed by atoms with Crippen LogP contribution < -0.4 is 14.2 Å². The van der Waals surface area contributed by atoms with Crippen LogP contribution >= 0.6 is 0 Å². The minimum atomic E-state index is -3.74. The second kappa shape index (κ2) is 14.9. The molecular formula is C32H37F2N3O5. The first-order chi connectivity index (χ1) is 20.2. The first-order valence-electron chi connectivity index (χ1n) is 13.8. The van der Waals surface area contributed by atoms with Crippen LogP contribution in [0.15, 0.2) is 72.8 Å². The number of rotatable bonds is 9. The molecule has 42 heavy (non-hydrogen) atoms. The van der Waals surface area contributed by atoms with Gasteiger partial charge in [-0.15, -0.1) is 8.78 Å². The van der Waals surface area contributed by atoms with Crippen molar-refractivity contribution in [3.05, 3.63) is 89.6 Å². The fourth-order valence-electron chi connectivity index (χ4n) is 4.25. The van der Waals surface area contributed by atoms with Crippen molar-refractivity contribution in [2.24, 2.45) is 0 Å². The summed E-state index contributed by atoms with van der Waals surface area (Å²) in [4.78, 5) is 30.8. The quantitative estimate of drug-likeness (QED) is 0.224. The predicted molar refractivity (Wildman–Crippen MR) is 158 cm³/mol. The summed E-state index contributed by atoms with van der Waals surface area (Å²) in [7, 11) is 1.58. The molecule has 10 heteroatoms. The number of aromatic nitrogens is 1. The van der Waals surface area contributed by atoms with E-state index in [0.717, 1.165) is 10.9 Å². The van der Waals surface area contributed by atoms with Crippen molar-refractivity contribution in [3.63, 3.8) is 0 Å². The average molecular weight is 582 g/mol. The Labute approximate surface area is 244 Å². The molecule has 0 atom stereocenters. The van der Waals surface area contributed by atoms with E-state index in [1.807, 2.05) is 51.1 Å². The minimum absolute atomic E-state index is 0.0318. The summed E-state index contributed by atoms with van der Waals surface area (Å²) in [5.74, 6) is 0.305. The molecule has 0 radical (unpaired) electrons. The Bertz CT molecular complexity index is 1460. The number of para-hydroxylation sites is 1. The summed E-state index contributed by atoms with van der Waals surface area (Å²) >= 11 is 0. The van der Waals surface area contributed by atoms with Crippen LogP contribution in [-0.2, 0) is 11.3 Å². The maximum atomic E-state index is 13.4. The van der Waals surface area contributed by atoms with E-state index < -0.39 is 6.29 Å². The lowest BCUT2D eigenvalue weighted by Gasteiger charge is -2.24. The summed E-state index contributed by atoms with van der Waals surface area (Å²) in [6.07, 6.45) is -3.12. The first kappa shape index (κ1) is 31.9. The summed E-state index contributed by atoms with van der Waals surface area (Å²) < 4.78 is 41.1. The van der Waals surface area contributed by atoms with Crippen molar-refractivity contribution < 1.29 is 32.6 Å². The number of carbonyl (C=O) groups is 2. The number of halogens is 2. The van der Waals surface area contributed by atoms with Gasteiger partial charge in [-0.1, -0.05) is 61.9 Å². The Hall–Kier alpha value is -4.60. The van der Waals surface area contributed by atoms with Crippen LogP contribution in [0.5, 0.6) is 17.2 Å². The molecule has 1 N–H and O–H groups in total. The Morgan fingerprint density at radius 1 is 1.00 bits per heavy atom. The Morgan fingerprint density at radius 2 is 1.74 bits per heavy atom. The monoisotopic (exact) mass is 581 g/mol. The number of likely N-dealkylation sites (N-methyl/N-ethyl adjacent to an activating group) is 1. The van der Waals surface area contributed by atoms with Gasteiger partial charge in [0.05, 0.1) is 7.11 Å². The van der Waals surface area contributed by atoms with Gasteiger partial charge in [0.1, 0.15) is 11.4 Å². The molecule has 0 fully saturated rings. The number of aryl methyl sites for hydroxylation is 1. The highest BCUT2D eigenvalue weighted by atomic mass is 19.3. The number of nitrogens with zero attached hydrogens (tertiary/aromatic N) is 2. The Kier molecular flexibility index (Phi) is 11.3. The molecule has 0 saturated carbocycles. The largest absolute Gasteiger partial charge is 0.586 e. The zero-order valence-corrected chi connectivity index (χ0v) is 24.5. The number of hydrogen-bond donors (Lipinski definition) is 1. The molecule has 0 unspecified atom stereocenters. The number of hydrogen-bond acceptors (Lipinski definition) is 5. The fraction of sp³-hybridized carbons (Fsp3) is 0.312. The highest BCUT2D eigenvalue weighted by Gasteiger charge is 2.44. The molecule has 8 nitrogen and oxygen atoms in total. The lowest BCUT2D eigenvalue weighted by molar-refractivity contribution is -0.287. The predicted octanol–water partition coefficient (Wildman–Crippen LogP) is 6.64. The molecule has 3 aromatic carbocycles. The van der Waals surface area contributed by atoms with Crippen LogP contribution in [0, 0.1) is 6.92 Å². The topological polar surface area (TPSA) is 84.1 Å². The Balaban J connectivity index is 0.000000465. The lowest BCUT2D eigenvalue weighted by atomic mass is 10.1. The van der Waals surface area contributed by atoms with Gasteiger partial charge in [-0.05, 0) is 44.2 Å². The maximum absolute atomic E-state index is 13.4. The first-order valence-corrected chi connectivity index (χ1v) is 13.8. The number of aromatic amines is 1. The number of methoxy groups -OCH3 is 1. The zero-order valence-electron chi connectivity index (χ0n) is 24.5. The van der Waals surface area contributed by atoms with E-state index in [2.05, 4.69) is 33.5 Å². The van der Waals surface area contributed by atoms with Crippen LogP contribution in [-0.4, -0.2) is 60.1 Å². The minimum Gasteiger partial charge on any atom is -0.497 e. The number of ether oxygens (including phenoxy) is 3. The second-order valence-electron chi connectivity index (χ2n) is 9.16. The van der Waals surface area contributed by atoms with E-state index in [1.165, 1.54) is 16.5 Å². The molecule has 0 saturated heterocycles. The van der Waals surface area contributed by atoms with Gasteiger partial charge in [-0.2, -0.15) is 0 Å². The molecule has 4 aromatic rings. The van der Waals surface area contributed by atoms with Crippen LogP contribution in [0.1, 0.15) is 42.4 Å². The number of carbonyl (C=O) groups excluding carboxylic acids is 2. The molecule has 1 aromatic heterocycles. The van der Waals surface area contributed by atoms with Crippen molar-refractivity contribution in [2.45, 2.75) is 40.5 Å². The van der Waals surface area contributed by atoms with E-state index in [1.54, 1.807) is 36.3 Å². The number of alkyl halides is 2. The summed E-state index contributed by atoms with van der Waals surface area (Å²) in [5.41, 5.74) is 2.94. The number of nitrogens with one attached hydrogen (secondary N) is 1. The molecule has 2 amide bonds. The number of amides is 2. The fourth-order valence-corrected chi connectivity index (χ4v) is 4.25. The van der Waals surface area contributed by atoms with E-state index in [-0.39, 0.29) is 37.0 Å². The summed E-state index contributed by atoms with van der Waals surface area (Å²) in [5, 5.41) is 0.847. The van der Waals surface area contributed by atoms with E-state index in [0.29, 0.717) is 30.0 Å². The molecule has 1 aliphatic heterocycles. The van der Waals surface area contributed by atoms with Crippen molar-refractivity contribution in [3.8, 4) is 17.2 Å². The SMILES string of the molecule is CC.CCN(CCN(C=O)Cc1cccc2c1OC(F)(F)O2)C(=O)c1cc2cc(OC)ccc2[nH]1.Cc1ccccc1. The lowest BCUT2D eigenvalue weighted by Crippen LogP contribution is -2.38.